The normalized spacial score (nSPS) is 11.9. The highest BCUT2D eigenvalue weighted by Crippen LogP contribution is 2.39. The summed E-state index contributed by atoms with van der Waals surface area (Å²) >= 11 is 0. The number of benzene rings is 7. The molecule has 0 fully saturated rings. The molecule has 12 aromatic rings. The summed E-state index contributed by atoms with van der Waals surface area (Å²) in [5.74, 6) is 1.51. The summed E-state index contributed by atoms with van der Waals surface area (Å²) in [7, 11) is 0. The highest BCUT2D eigenvalue weighted by atomic mass is 16.3. The van der Waals surface area contributed by atoms with Crippen LogP contribution in [-0.2, 0) is 0 Å². The van der Waals surface area contributed by atoms with E-state index >= 15 is 0 Å². The van der Waals surface area contributed by atoms with Crippen LogP contribution in [0.2, 0.25) is 0 Å². The van der Waals surface area contributed by atoms with E-state index in [4.69, 9.17) is 19.4 Å². The molecule has 0 amide bonds. The van der Waals surface area contributed by atoms with Crippen molar-refractivity contribution in [2.45, 2.75) is 0 Å². The first-order valence-electron chi connectivity index (χ1n) is 18.7. The number of hydrogen-bond donors (Lipinski definition) is 0. The molecule has 7 heteroatoms. The van der Waals surface area contributed by atoms with Gasteiger partial charge in [0.05, 0.1) is 16.6 Å². The van der Waals surface area contributed by atoms with Gasteiger partial charge >= 0.3 is 0 Å². The molecule has 56 heavy (non-hydrogen) atoms. The molecule has 12 rings (SSSR count). The Morgan fingerprint density at radius 1 is 0.429 bits per heavy atom. The van der Waals surface area contributed by atoms with E-state index in [9.17, 15) is 0 Å². The lowest BCUT2D eigenvalue weighted by atomic mass is 10.0. The predicted octanol–water partition coefficient (Wildman–Crippen LogP) is 12.1. The lowest BCUT2D eigenvalue weighted by Crippen LogP contribution is -1.97. The maximum Gasteiger partial charge on any atom is 0.222 e. The molecule has 5 aromatic heterocycles. The maximum atomic E-state index is 6.37. The van der Waals surface area contributed by atoms with E-state index in [2.05, 4.69) is 159 Å². The van der Waals surface area contributed by atoms with Crippen LogP contribution in [-0.4, -0.2) is 28.5 Å². The fourth-order valence-electron chi connectivity index (χ4n) is 8.35. The van der Waals surface area contributed by atoms with Gasteiger partial charge in [-0.25, -0.2) is 9.97 Å². The molecule has 0 spiro atoms. The highest BCUT2D eigenvalue weighted by molar-refractivity contribution is 6.10. The minimum atomic E-state index is 0.647. The number of imidazole rings is 2. The van der Waals surface area contributed by atoms with Crippen molar-refractivity contribution in [1.29, 1.82) is 0 Å². The van der Waals surface area contributed by atoms with E-state index in [1.807, 2.05) is 36.4 Å². The molecule has 0 unspecified atom stereocenters. The zero-order chi connectivity index (χ0) is 36.7. The van der Waals surface area contributed by atoms with E-state index in [-0.39, 0.29) is 0 Å². The second-order valence-electron chi connectivity index (χ2n) is 14.1. The minimum absolute atomic E-state index is 0.647. The monoisotopic (exact) mass is 718 g/mol. The van der Waals surface area contributed by atoms with Crippen LogP contribution >= 0.6 is 0 Å². The van der Waals surface area contributed by atoms with Crippen molar-refractivity contribution in [2.75, 3.05) is 0 Å². The Morgan fingerprint density at radius 3 is 1.88 bits per heavy atom. The predicted molar refractivity (Wildman–Crippen MR) is 226 cm³/mol. The molecular weight excluding hydrogens is 689 g/mol. The van der Waals surface area contributed by atoms with Gasteiger partial charge in [-0.1, -0.05) is 121 Å². The fraction of sp³-hybridized carbons (Fsp3) is 0. The summed E-state index contributed by atoms with van der Waals surface area (Å²) in [6, 6.07) is 63.0. The van der Waals surface area contributed by atoms with Crippen LogP contribution in [0, 0.1) is 0 Å². The van der Waals surface area contributed by atoms with Crippen LogP contribution in [0.15, 0.2) is 186 Å². The van der Waals surface area contributed by atoms with Gasteiger partial charge in [-0.05, 0) is 71.8 Å². The molecule has 262 valence electrons. The van der Waals surface area contributed by atoms with Crippen molar-refractivity contribution < 1.29 is 4.42 Å². The van der Waals surface area contributed by atoms with Gasteiger partial charge in [-0.15, -0.1) is 0 Å². The molecule has 0 radical (unpaired) electrons. The third-order valence-corrected chi connectivity index (χ3v) is 10.9. The molecule has 0 atom stereocenters. The first kappa shape index (κ1) is 30.7. The second-order valence-corrected chi connectivity index (χ2v) is 14.1. The van der Waals surface area contributed by atoms with Gasteiger partial charge < -0.3 is 4.42 Å². The lowest BCUT2D eigenvalue weighted by molar-refractivity contribution is 0.667. The Bertz CT molecular complexity index is 3470. The van der Waals surface area contributed by atoms with E-state index in [0.29, 0.717) is 11.4 Å². The first-order chi connectivity index (χ1) is 27.8. The number of furan rings is 1. The topological polar surface area (TPSA) is 66.1 Å². The summed E-state index contributed by atoms with van der Waals surface area (Å²) in [5, 5.41) is 2.12. The molecule has 5 heterocycles. The number of para-hydroxylation sites is 4. The number of aromatic nitrogens is 6. The Morgan fingerprint density at radius 2 is 1.07 bits per heavy atom. The molecule has 0 aliphatic carbocycles. The van der Waals surface area contributed by atoms with Crippen LogP contribution in [0.1, 0.15) is 0 Å². The SMILES string of the molecule is c1ccc(-c2nc(-c3cccc(-c4ccc5c(c4)n(-c4ccccc4)c4nc6c(c7ccccc7n6-c6ccccc6)n54)c3)nc3c2oc2ccccc23)cc1. The first-order valence-corrected chi connectivity index (χ1v) is 18.7. The zero-order valence-corrected chi connectivity index (χ0v) is 29.9. The smallest absolute Gasteiger partial charge is 0.222 e. The molecular formula is C49H30N6O. The van der Waals surface area contributed by atoms with Crippen molar-refractivity contribution in [3.63, 3.8) is 0 Å². The van der Waals surface area contributed by atoms with Crippen molar-refractivity contribution >= 4 is 60.9 Å². The molecule has 7 aromatic carbocycles. The Balaban J connectivity index is 1.08. The number of rotatable bonds is 5. The molecule has 0 aliphatic heterocycles. The van der Waals surface area contributed by atoms with E-state index in [0.717, 1.165) is 94.7 Å². The van der Waals surface area contributed by atoms with Gasteiger partial charge in [0.2, 0.25) is 5.78 Å². The average molecular weight is 719 g/mol. The Hall–Kier alpha value is -7.77. The highest BCUT2D eigenvalue weighted by Gasteiger charge is 2.24. The lowest BCUT2D eigenvalue weighted by Gasteiger charge is -2.09. The average Bonchev–Trinajstić information content (AvgIpc) is 4.00. The summed E-state index contributed by atoms with van der Waals surface area (Å²) < 4.78 is 13.2. The van der Waals surface area contributed by atoms with Gasteiger partial charge in [-0.3, -0.25) is 13.5 Å². The number of hydrogen-bond acceptors (Lipinski definition) is 4. The largest absolute Gasteiger partial charge is 0.452 e. The summed E-state index contributed by atoms with van der Waals surface area (Å²) in [6.07, 6.45) is 0. The van der Waals surface area contributed by atoms with Crippen LogP contribution in [0.25, 0.3) is 106 Å². The quantitative estimate of drug-likeness (QED) is 0.178. The van der Waals surface area contributed by atoms with Crippen molar-refractivity contribution in [3.8, 4) is 45.1 Å². The van der Waals surface area contributed by atoms with Gasteiger partial charge in [0.1, 0.15) is 22.3 Å². The van der Waals surface area contributed by atoms with E-state index in [1.54, 1.807) is 0 Å². The zero-order valence-electron chi connectivity index (χ0n) is 29.9. The third kappa shape index (κ3) is 4.48. The molecule has 0 N–H and O–H groups in total. The minimum Gasteiger partial charge on any atom is -0.452 e. The Labute approximate surface area is 320 Å². The fourth-order valence-corrected chi connectivity index (χ4v) is 8.35. The number of nitrogens with zero attached hydrogens (tertiary/aromatic N) is 6. The van der Waals surface area contributed by atoms with Crippen LogP contribution in [0.5, 0.6) is 0 Å². The number of fused-ring (bicyclic) bond motifs is 10. The Kier molecular flexibility index (Phi) is 6.50. The van der Waals surface area contributed by atoms with Gasteiger partial charge in [0.15, 0.2) is 17.1 Å². The second kappa shape index (κ2) is 11.9. The van der Waals surface area contributed by atoms with Crippen LogP contribution < -0.4 is 0 Å². The molecule has 0 saturated carbocycles. The summed E-state index contributed by atoms with van der Waals surface area (Å²) in [4.78, 5) is 15.7. The summed E-state index contributed by atoms with van der Waals surface area (Å²) in [5.41, 5.74) is 14.5. The van der Waals surface area contributed by atoms with Crippen LogP contribution in [0.4, 0.5) is 0 Å². The van der Waals surface area contributed by atoms with Crippen LogP contribution in [0.3, 0.4) is 0 Å². The van der Waals surface area contributed by atoms with Crippen molar-refractivity contribution in [3.05, 3.63) is 182 Å². The molecule has 7 nitrogen and oxygen atoms in total. The summed E-state index contributed by atoms with van der Waals surface area (Å²) in [6.45, 7) is 0. The standard InChI is InChI=1S/C49H30N6O/c1-4-15-31(16-5-1)43-46-44(38-24-11-13-26-42(38)56-46)51-47(50-43)34-18-14-17-32(29-34)33-27-28-40-41(30-33)54(36-21-8-3-9-22-36)49-52-48-45(55(40)49)37-23-10-12-25-39(37)53(48)35-19-6-2-7-20-35/h1-30H. The molecule has 0 bridgehead atoms. The van der Waals surface area contributed by atoms with Crippen molar-refractivity contribution in [1.82, 2.24) is 28.5 Å². The maximum absolute atomic E-state index is 6.37. The molecule has 0 aliphatic rings. The van der Waals surface area contributed by atoms with Gasteiger partial charge in [0.25, 0.3) is 0 Å². The van der Waals surface area contributed by atoms with E-state index in [1.165, 1.54) is 0 Å². The van der Waals surface area contributed by atoms with Crippen molar-refractivity contribution in [2.24, 2.45) is 0 Å². The van der Waals surface area contributed by atoms with E-state index < -0.39 is 0 Å². The van der Waals surface area contributed by atoms with Gasteiger partial charge in [0, 0.05) is 33.3 Å². The molecule has 0 saturated heterocycles. The van der Waals surface area contributed by atoms with Gasteiger partial charge in [-0.2, -0.15) is 4.98 Å². The third-order valence-electron chi connectivity index (χ3n) is 10.9.